The van der Waals surface area contributed by atoms with Gasteiger partial charge in [-0.25, -0.2) is 4.98 Å². The molecular formula is C29H26N2OS2. The molecule has 5 rings (SSSR count). The summed E-state index contributed by atoms with van der Waals surface area (Å²) in [7, 11) is 0. The predicted octanol–water partition coefficient (Wildman–Crippen LogP) is 7.70. The largest absolute Gasteiger partial charge is 0.268 e. The van der Waals surface area contributed by atoms with Crippen LogP contribution in [0.1, 0.15) is 31.9 Å². The summed E-state index contributed by atoms with van der Waals surface area (Å²) in [5.74, 6) is 0.742. The highest BCUT2D eigenvalue weighted by Crippen LogP contribution is 2.33. The minimum atomic E-state index is -0.0276. The molecule has 2 aromatic heterocycles. The molecule has 0 amide bonds. The number of fused-ring (bicyclic) bond motifs is 1. The third-order valence-corrected chi connectivity index (χ3v) is 7.88. The number of hydrogen-bond acceptors (Lipinski definition) is 4. The number of thiophene rings is 1. The summed E-state index contributed by atoms with van der Waals surface area (Å²) >= 11 is 3.17. The maximum Gasteiger partial charge on any atom is 0.267 e. The molecule has 5 heteroatoms. The van der Waals surface area contributed by atoms with Crippen LogP contribution in [0.4, 0.5) is 0 Å². The highest BCUT2D eigenvalue weighted by Gasteiger charge is 2.17. The molecule has 3 nitrogen and oxygen atoms in total. The molecule has 0 saturated carbocycles. The molecule has 0 unspecified atom stereocenters. The van der Waals surface area contributed by atoms with Crippen LogP contribution in [0, 0.1) is 0 Å². The van der Waals surface area contributed by atoms with Crippen molar-refractivity contribution in [1.82, 2.24) is 9.55 Å². The monoisotopic (exact) mass is 482 g/mol. The van der Waals surface area contributed by atoms with Crippen molar-refractivity contribution < 1.29 is 0 Å². The van der Waals surface area contributed by atoms with Gasteiger partial charge in [-0.3, -0.25) is 9.36 Å². The van der Waals surface area contributed by atoms with Crippen LogP contribution in [0.3, 0.4) is 0 Å². The third-order valence-electron chi connectivity index (χ3n) is 5.80. The minimum Gasteiger partial charge on any atom is -0.268 e. The predicted molar refractivity (Wildman–Crippen MR) is 145 cm³/mol. The lowest BCUT2D eigenvalue weighted by atomic mass is 9.87. The Labute approximate surface area is 208 Å². The van der Waals surface area contributed by atoms with E-state index in [0.29, 0.717) is 10.5 Å². The molecule has 0 N–H and O–H groups in total. The molecule has 3 aromatic carbocycles. The number of benzene rings is 3. The van der Waals surface area contributed by atoms with Gasteiger partial charge in [-0.1, -0.05) is 105 Å². The molecule has 2 heterocycles. The number of aromatic nitrogens is 2. The first-order valence-electron chi connectivity index (χ1n) is 11.3. The molecule has 0 aliphatic carbocycles. The quantitative estimate of drug-likeness (QED) is 0.190. The fourth-order valence-electron chi connectivity index (χ4n) is 3.86. The molecule has 0 spiro atoms. The molecule has 170 valence electrons. The van der Waals surface area contributed by atoms with E-state index in [1.54, 1.807) is 27.7 Å². The van der Waals surface area contributed by atoms with E-state index in [1.807, 2.05) is 54.6 Å². The van der Waals surface area contributed by atoms with Crippen molar-refractivity contribution in [3.05, 3.63) is 112 Å². The van der Waals surface area contributed by atoms with E-state index in [2.05, 4.69) is 57.2 Å². The summed E-state index contributed by atoms with van der Waals surface area (Å²) < 4.78 is 1.75. The first-order chi connectivity index (χ1) is 16.4. The summed E-state index contributed by atoms with van der Waals surface area (Å²) in [6, 6.07) is 30.7. The van der Waals surface area contributed by atoms with Gasteiger partial charge in [0.2, 0.25) is 0 Å². The number of thioether (sulfide) groups is 1. The minimum absolute atomic E-state index is 0.0276. The molecule has 34 heavy (non-hydrogen) atoms. The lowest BCUT2D eigenvalue weighted by Crippen LogP contribution is -2.21. The number of rotatable bonds is 5. The van der Waals surface area contributed by atoms with Crippen LogP contribution < -0.4 is 5.56 Å². The van der Waals surface area contributed by atoms with Gasteiger partial charge >= 0.3 is 0 Å². The van der Waals surface area contributed by atoms with E-state index in [0.717, 1.165) is 26.7 Å². The van der Waals surface area contributed by atoms with Gasteiger partial charge in [0.1, 0.15) is 4.83 Å². The number of hydrogen-bond donors (Lipinski definition) is 0. The Kier molecular flexibility index (Phi) is 6.15. The van der Waals surface area contributed by atoms with Crippen LogP contribution in [0.5, 0.6) is 0 Å². The van der Waals surface area contributed by atoms with Crippen molar-refractivity contribution in [3.63, 3.8) is 0 Å². The fraction of sp³-hybridized carbons (Fsp3) is 0.172. The topological polar surface area (TPSA) is 34.9 Å². The Bertz CT molecular complexity index is 1480. The van der Waals surface area contributed by atoms with Gasteiger partial charge in [0.15, 0.2) is 5.16 Å². The normalized spacial score (nSPS) is 11.7. The Hall–Kier alpha value is -3.15. The van der Waals surface area contributed by atoms with E-state index in [1.165, 1.54) is 11.1 Å². The molecule has 0 atom stereocenters. The van der Waals surface area contributed by atoms with Gasteiger partial charge in [0.25, 0.3) is 5.56 Å². The maximum absolute atomic E-state index is 13.7. The summed E-state index contributed by atoms with van der Waals surface area (Å²) in [6.45, 7) is 6.66. The first-order valence-corrected chi connectivity index (χ1v) is 13.1. The molecule has 0 saturated heterocycles. The van der Waals surface area contributed by atoms with Crippen LogP contribution in [0.2, 0.25) is 0 Å². The van der Waals surface area contributed by atoms with Crippen molar-refractivity contribution in [3.8, 4) is 16.1 Å². The van der Waals surface area contributed by atoms with Gasteiger partial charge in [0.05, 0.1) is 11.1 Å². The van der Waals surface area contributed by atoms with Crippen LogP contribution in [0.15, 0.2) is 101 Å². The Morgan fingerprint density at radius 3 is 2.18 bits per heavy atom. The van der Waals surface area contributed by atoms with Gasteiger partial charge in [0, 0.05) is 10.6 Å². The van der Waals surface area contributed by atoms with Gasteiger partial charge in [-0.15, -0.1) is 11.3 Å². The lowest BCUT2D eigenvalue weighted by molar-refractivity contribution is 0.590. The number of para-hydroxylation sites is 1. The molecule has 5 aromatic rings. The standard InChI is InChI=1S/C29H26N2OS2/c1-29(2,3)22-16-14-20(15-17-22)19-33-28-30-26-24(18-25(34-26)21-10-6-4-7-11-21)27(32)31(28)23-12-8-5-9-13-23/h4-18H,19H2,1-3H3. The summed E-state index contributed by atoms with van der Waals surface area (Å²) in [5.41, 5.74) is 4.56. The van der Waals surface area contributed by atoms with E-state index in [-0.39, 0.29) is 11.0 Å². The van der Waals surface area contributed by atoms with Crippen LogP contribution in [-0.2, 0) is 11.2 Å². The van der Waals surface area contributed by atoms with Crippen molar-refractivity contribution in [2.45, 2.75) is 37.1 Å². The molecule has 0 bridgehead atoms. The highest BCUT2D eigenvalue weighted by atomic mass is 32.2. The van der Waals surface area contributed by atoms with Crippen molar-refractivity contribution in [2.75, 3.05) is 0 Å². The Balaban J connectivity index is 1.56. The molecule has 0 radical (unpaired) electrons. The average Bonchev–Trinajstić information content (AvgIpc) is 3.28. The van der Waals surface area contributed by atoms with Crippen LogP contribution in [-0.4, -0.2) is 9.55 Å². The van der Waals surface area contributed by atoms with Gasteiger partial charge < -0.3 is 0 Å². The lowest BCUT2D eigenvalue weighted by Gasteiger charge is -2.19. The molecule has 0 aliphatic rings. The van der Waals surface area contributed by atoms with E-state index in [9.17, 15) is 4.79 Å². The summed E-state index contributed by atoms with van der Waals surface area (Å²) in [5, 5.41) is 1.37. The zero-order chi connectivity index (χ0) is 23.7. The second-order valence-electron chi connectivity index (χ2n) is 9.30. The third kappa shape index (κ3) is 4.59. The van der Waals surface area contributed by atoms with E-state index >= 15 is 0 Å². The summed E-state index contributed by atoms with van der Waals surface area (Å²) in [4.78, 5) is 20.5. The van der Waals surface area contributed by atoms with Crippen LogP contribution in [0.25, 0.3) is 26.3 Å². The smallest absolute Gasteiger partial charge is 0.267 e. The molecule has 0 aliphatic heterocycles. The highest BCUT2D eigenvalue weighted by molar-refractivity contribution is 7.98. The van der Waals surface area contributed by atoms with Crippen molar-refractivity contribution in [2.24, 2.45) is 0 Å². The molecular weight excluding hydrogens is 456 g/mol. The maximum atomic E-state index is 13.7. The zero-order valence-electron chi connectivity index (χ0n) is 19.5. The van der Waals surface area contributed by atoms with Crippen LogP contribution >= 0.6 is 23.1 Å². The zero-order valence-corrected chi connectivity index (χ0v) is 21.1. The summed E-state index contributed by atoms with van der Waals surface area (Å²) in [6.07, 6.45) is 0. The second kappa shape index (κ2) is 9.24. The molecule has 0 fully saturated rings. The van der Waals surface area contributed by atoms with E-state index in [4.69, 9.17) is 4.98 Å². The fourth-order valence-corrected chi connectivity index (χ4v) is 5.90. The van der Waals surface area contributed by atoms with Gasteiger partial charge in [-0.05, 0) is 40.3 Å². The Morgan fingerprint density at radius 1 is 0.882 bits per heavy atom. The van der Waals surface area contributed by atoms with Gasteiger partial charge in [-0.2, -0.15) is 0 Å². The number of nitrogens with zero attached hydrogens (tertiary/aromatic N) is 2. The van der Waals surface area contributed by atoms with Crippen molar-refractivity contribution >= 4 is 33.3 Å². The Morgan fingerprint density at radius 2 is 1.53 bits per heavy atom. The first kappa shape index (κ1) is 22.6. The second-order valence-corrected chi connectivity index (χ2v) is 11.3. The van der Waals surface area contributed by atoms with E-state index < -0.39 is 0 Å². The average molecular weight is 483 g/mol. The van der Waals surface area contributed by atoms with Crippen molar-refractivity contribution in [1.29, 1.82) is 0 Å². The SMILES string of the molecule is CC(C)(C)c1ccc(CSc2nc3sc(-c4ccccc4)cc3c(=O)n2-c2ccccc2)cc1.